The summed E-state index contributed by atoms with van der Waals surface area (Å²) >= 11 is 0. The van der Waals surface area contributed by atoms with Gasteiger partial charge >= 0.3 is 0 Å². The second-order valence-electron chi connectivity index (χ2n) is 8.02. The van der Waals surface area contributed by atoms with Gasteiger partial charge in [-0.3, -0.25) is 4.72 Å². The Morgan fingerprint density at radius 1 is 0.944 bits per heavy atom. The van der Waals surface area contributed by atoms with Gasteiger partial charge in [-0.25, -0.2) is 32.2 Å². The fourth-order valence-electron chi connectivity index (χ4n) is 3.53. The van der Waals surface area contributed by atoms with Gasteiger partial charge in [0.1, 0.15) is 23.6 Å². The van der Waals surface area contributed by atoms with Crippen molar-refractivity contribution in [3.63, 3.8) is 0 Å². The third kappa shape index (κ3) is 5.68. The van der Waals surface area contributed by atoms with E-state index in [1.165, 1.54) is 6.33 Å². The van der Waals surface area contributed by atoms with E-state index in [1.807, 2.05) is 19.1 Å². The molecule has 0 aliphatic rings. The van der Waals surface area contributed by atoms with Crippen molar-refractivity contribution in [1.82, 2.24) is 15.0 Å². The molecule has 0 amide bonds. The van der Waals surface area contributed by atoms with E-state index in [-0.39, 0.29) is 17.3 Å². The molecule has 2 heterocycles. The molecule has 0 fully saturated rings. The van der Waals surface area contributed by atoms with Crippen molar-refractivity contribution in [2.24, 2.45) is 0 Å². The lowest BCUT2D eigenvalue weighted by Crippen LogP contribution is -2.17. The van der Waals surface area contributed by atoms with Crippen LogP contribution in [0, 0.1) is 11.6 Å². The van der Waals surface area contributed by atoms with E-state index in [1.54, 1.807) is 31.3 Å². The summed E-state index contributed by atoms with van der Waals surface area (Å²) in [6, 6.07) is 11.1. The quantitative estimate of drug-likeness (QED) is 0.282. The second-order valence-corrected chi connectivity index (χ2v) is 9.86. The topological polar surface area (TPSA) is 106 Å². The SMILES string of the molecule is CCCOc1ccc(-c2ccc3ncnc(Nc4c(F)ccc(NS(=O)(=O)CCC)c4F)c3c2)cn1. The van der Waals surface area contributed by atoms with E-state index in [4.69, 9.17) is 4.74 Å². The molecule has 8 nitrogen and oxygen atoms in total. The number of anilines is 3. The van der Waals surface area contributed by atoms with Crippen molar-refractivity contribution < 1.29 is 21.9 Å². The van der Waals surface area contributed by atoms with Crippen molar-refractivity contribution in [2.45, 2.75) is 26.7 Å². The molecule has 0 bridgehead atoms. The molecule has 2 aromatic heterocycles. The summed E-state index contributed by atoms with van der Waals surface area (Å²) in [4.78, 5) is 12.7. The third-order valence-corrected chi connectivity index (χ3v) is 6.71. The van der Waals surface area contributed by atoms with Gasteiger partial charge in [0, 0.05) is 23.2 Å². The van der Waals surface area contributed by atoms with Gasteiger partial charge in [0.15, 0.2) is 5.82 Å². The first-order chi connectivity index (χ1) is 17.3. The number of rotatable bonds is 10. The lowest BCUT2D eigenvalue weighted by Gasteiger charge is -2.14. The zero-order valence-corrected chi connectivity index (χ0v) is 20.6. The standard InChI is InChI=1S/C25H25F2N5O3S/c1-3-11-35-22-10-6-17(14-28-22)16-5-8-20-18(13-16)25(30-15-29-20)31-24-19(26)7-9-21(23(24)27)32-36(33,34)12-4-2/h5-10,13-15,32H,3-4,11-12H2,1-2H3,(H,29,30,31). The van der Waals surface area contributed by atoms with Gasteiger partial charge in [-0.05, 0) is 48.7 Å². The van der Waals surface area contributed by atoms with Crippen LogP contribution < -0.4 is 14.8 Å². The lowest BCUT2D eigenvalue weighted by atomic mass is 10.1. The molecule has 4 aromatic rings. The highest BCUT2D eigenvalue weighted by molar-refractivity contribution is 7.92. The van der Waals surface area contributed by atoms with Crippen molar-refractivity contribution in [1.29, 1.82) is 0 Å². The number of nitrogens with zero attached hydrogens (tertiary/aromatic N) is 3. The Bertz CT molecular complexity index is 1480. The number of ether oxygens (including phenoxy) is 1. The molecule has 0 spiro atoms. The van der Waals surface area contributed by atoms with E-state index in [2.05, 4.69) is 25.0 Å². The van der Waals surface area contributed by atoms with E-state index in [0.29, 0.717) is 29.8 Å². The Balaban J connectivity index is 1.69. The van der Waals surface area contributed by atoms with Crippen molar-refractivity contribution >= 4 is 38.1 Å². The average Bonchev–Trinajstić information content (AvgIpc) is 2.87. The molecule has 0 aliphatic heterocycles. The molecule has 0 atom stereocenters. The molecule has 0 unspecified atom stereocenters. The molecule has 188 valence electrons. The van der Waals surface area contributed by atoms with Gasteiger partial charge in [-0.15, -0.1) is 0 Å². The van der Waals surface area contributed by atoms with E-state index in [9.17, 15) is 12.8 Å². The summed E-state index contributed by atoms with van der Waals surface area (Å²) < 4.78 is 61.7. The summed E-state index contributed by atoms with van der Waals surface area (Å²) in [5.41, 5.74) is 1.25. The number of sulfonamides is 1. The molecular formula is C25H25F2N5O3S. The van der Waals surface area contributed by atoms with Crippen molar-refractivity contribution in [2.75, 3.05) is 22.4 Å². The van der Waals surface area contributed by atoms with Gasteiger partial charge in [-0.1, -0.05) is 19.9 Å². The fourth-order valence-corrected chi connectivity index (χ4v) is 4.66. The Morgan fingerprint density at radius 2 is 1.75 bits per heavy atom. The number of hydrogen-bond acceptors (Lipinski definition) is 7. The number of nitrogens with one attached hydrogen (secondary N) is 2. The van der Waals surface area contributed by atoms with Crippen molar-refractivity contribution in [3.05, 3.63) is 66.6 Å². The number of aromatic nitrogens is 3. The highest BCUT2D eigenvalue weighted by Crippen LogP contribution is 2.32. The maximum absolute atomic E-state index is 15.2. The van der Waals surface area contributed by atoms with Crippen LogP contribution in [0.4, 0.5) is 26.0 Å². The summed E-state index contributed by atoms with van der Waals surface area (Å²) in [5, 5.41) is 3.19. The second kappa shape index (κ2) is 10.8. The first kappa shape index (κ1) is 25.2. The molecule has 4 rings (SSSR count). The van der Waals surface area contributed by atoms with Crippen LogP contribution in [0.25, 0.3) is 22.0 Å². The number of pyridine rings is 1. The minimum absolute atomic E-state index is 0.157. The normalized spacial score (nSPS) is 11.4. The fraction of sp³-hybridized carbons (Fsp3) is 0.240. The molecule has 0 saturated carbocycles. The molecule has 0 aliphatic carbocycles. The van der Waals surface area contributed by atoms with Crippen molar-refractivity contribution in [3.8, 4) is 17.0 Å². The first-order valence-corrected chi connectivity index (χ1v) is 13.1. The van der Waals surface area contributed by atoms with E-state index >= 15 is 4.39 Å². The third-order valence-electron chi connectivity index (χ3n) is 5.23. The summed E-state index contributed by atoms with van der Waals surface area (Å²) in [7, 11) is -3.77. The van der Waals surface area contributed by atoms with Gasteiger partial charge in [0.25, 0.3) is 0 Å². The summed E-state index contributed by atoms with van der Waals surface area (Å²) in [5.74, 6) is -1.49. The molecule has 0 radical (unpaired) electrons. The molecule has 0 saturated heterocycles. The maximum atomic E-state index is 15.2. The predicted octanol–water partition coefficient (Wildman–Crippen LogP) is 5.65. The number of benzene rings is 2. The van der Waals surface area contributed by atoms with Gasteiger partial charge in [0.05, 0.1) is 23.6 Å². The molecular weight excluding hydrogens is 488 g/mol. The highest BCUT2D eigenvalue weighted by atomic mass is 32.2. The number of hydrogen-bond donors (Lipinski definition) is 2. The zero-order valence-electron chi connectivity index (χ0n) is 19.8. The molecule has 2 N–H and O–H groups in total. The Labute approximate surface area is 207 Å². The Hall–Kier alpha value is -3.86. The van der Waals surface area contributed by atoms with Crippen LogP contribution in [-0.4, -0.2) is 35.7 Å². The number of fused-ring (bicyclic) bond motifs is 1. The van der Waals surface area contributed by atoms with Crippen LogP contribution in [0.5, 0.6) is 5.88 Å². The minimum atomic E-state index is -3.77. The van der Waals surface area contributed by atoms with Gasteiger partial charge < -0.3 is 10.1 Å². The van der Waals surface area contributed by atoms with Crippen LogP contribution in [0.1, 0.15) is 26.7 Å². The first-order valence-electron chi connectivity index (χ1n) is 11.4. The van der Waals surface area contributed by atoms with Gasteiger partial charge in [-0.2, -0.15) is 0 Å². The Kier molecular flexibility index (Phi) is 7.58. The van der Waals surface area contributed by atoms with E-state index < -0.39 is 27.3 Å². The zero-order chi connectivity index (χ0) is 25.7. The Morgan fingerprint density at radius 3 is 2.47 bits per heavy atom. The average molecular weight is 514 g/mol. The summed E-state index contributed by atoms with van der Waals surface area (Å²) in [6.07, 6.45) is 4.17. The molecule has 36 heavy (non-hydrogen) atoms. The smallest absolute Gasteiger partial charge is 0.232 e. The lowest BCUT2D eigenvalue weighted by molar-refractivity contribution is 0.305. The minimum Gasteiger partial charge on any atom is -0.478 e. The summed E-state index contributed by atoms with van der Waals surface area (Å²) in [6.45, 7) is 4.27. The van der Waals surface area contributed by atoms with Crippen LogP contribution in [-0.2, 0) is 10.0 Å². The van der Waals surface area contributed by atoms with Crippen LogP contribution in [0.2, 0.25) is 0 Å². The van der Waals surface area contributed by atoms with Gasteiger partial charge in [0.2, 0.25) is 15.9 Å². The van der Waals surface area contributed by atoms with Crippen LogP contribution >= 0.6 is 0 Å². The predicted molar refractivity (Wildman–Crippen MR) is 136 cm³/mol. The monoisotopic (exact) mass is 513 g/mol. The van der Waals surface area contributed by atoms with Crippen LogP contribution in [0.3, 0.4) is 0 Å². The molecule has 11 heteroatoms. The largest absolute Gasteiger partial charge is 0.478 e. The molecule has 2 aromatic carbocycles. The van der Waals surface area contributed by atoms with Crippen LogP contribution in [0.15, 0.2) is 55.0 Å². The van der Waals surface area contributed by atoms with E-state index in [0.717, 1.165) is 29.7 Å². The maximum Gasteiger partial charge on any atom is 0.232 e. The number of halogens is 2. The highest BCUT2D eigenvalue weighted by Gasteiger charge is 2.19.